The van der Waals surface area contributed by atoms with Crippen molar-refractivity contribution in [2.45, 2.75) is 40.0 Å². The largest absolute Gasteiger partial charge is 0.384 e. The zero-order valence-electron chi connectivity index (χ0n) is 11.6. The molecule has 0 fully saturated rings. The molecule has 1 aromatic carbocycles. The molecule has 0 radical (unpaired) electrons. The summed E-state index contributed by atoms with van der Waals surface area (Å²) in [6, 6.07) is 8.61. The Labute approximate surface area is 109 Å². The molecule has 0 spiro atoms. The Hall–Kier alpha value is -1.57. The third-order valence-corrected chi connectivity index (χ3v) is 3.17. The SMILES string of the molecule is CCCNc1cc(CCC)nc2c(C)cccc12. The second-order valence-electron chi connectivity index (χ2n) is 4.81. The predicted octanol–water partition coefficient (Wildman–Crippen LogP) is 4.32. The van der Waals surface area contributed by atoms with E-state index in [2.05, 4.69) is 50.4 Å². The van der Waals surface area contributed by atoms with E-state index in [1.165, 1.54) is 22.3 Å². The molecule has 96 valence electrons. The number of hydrogen-bond donors (Lipinski definition) is 1. The lowest BCUT2D eigenvalue weighted by Gasteiger charge is -2.12. The van der Waals surface area contributed by atoms with Gasteiger partial charge in [-0.25, -0.2) is 0 Å². The highest BCUT2D eigenvalue weighted by Gasteiger charge is 2.06. The predicted molar refractivity (Wildman–Crippen MR) is 79.3 cm³/mol. The quantitative estimate of drug-likeness (QED) is 0.844. The van der Waals surface area contributed by atoms with Crippen molar-refractivity contribution in [1.29, 1.82) is 0 Å². The van der Waals surface area contributed by atoms with Crippen molar-refractivity contribution in [3.8, 4) is 0 Å². The molecule has 0 aliphatic heterocycles. The highest BCUT2D eigenvalue weighted by atomic mass is 14.9. The second-order valence-corrected chi connectivity index (χ2v) is 4.81. The number of para-hydroxylation sites is 1. The molecule has 1 aromatic heterocycles. The Morgan fingerprint density at radius 2 is 2.00 bits per heavy atom. The Kier molecular flexibility index (Phi) is 4.19. The normalized spacial score (nSPS) is 10.8. The minimum Gasteiger partial charge on any atom is -0.384 e. The van der Waals surface area contributed by atoms with Crippen molar-refractivity contribution < 1.29 is 0 Å². The van der Waals surface area contributed by atoms with Gasteiger partial charge < -0.3 is 5.32 Å². The third kappa shape index (κ3) is 2.63. The van der Waals surface area contributed by atoms with Gasteiger partial charge in [-0.05, 0) is 31.4 Å². The van der Waals surface area contributed by atoms with Gasteiger partial charge in [0.1, 0.15) is 0 Å². The number of nitrogens with zero attached hydrogens (tertiary/aromatic N) is 1. The molecular weight excluding hydrogens is 220 g/mol. The number of benzene rings is 1. The molecule has 0 unspecified atom stereocenters. The molecule has 0 saturated carbocycles. The van der Waals surface area contributed by atoms with E-state index in [0.29, 0.717) is 0 Å². The first kappa shape index (κ1) is 12.9. The van der Waals surface area contributed by atoms with Crippen molar-refractivity contribution in [3.63, 3.8) is 0 Å². The summed E-state index contributed by atoms with van der Waals surface area (Å²) in [6.07, 6.45) is 3.32. The zero-order chi connectivity index (χ0) is 13.0. The molecule has 1 N–H and O–H groups in total. The minimum atomic E-state index is 1.01. The highest BCUT2D eigenvalue weighted by molar-refractivity contribution is 5.93. The fraction of sp³-hybridized carbons (Fsp3) is 0.438. The summed E-state index contributed by atoms with van der Waals surface area (Å²) in [5, 5.41) is 4.76. The number of fused-ring (bicyclic) bond motifs is 1. The Morgan fingerprint density at radius 3 is 2.72 bits per heavy atom. The van der Waals surface area contributed by atoms with E-state index in [9.17, 15) is 0 Å². The first-order valence-corrected chi connectivity index (χ1v) is 6.89. The lowest BCUT2D eigenvalue weighted by molar-refractivity contribution is 0.888. The van der Waals surface area contributed by atoms with Crippen molar-refractivity contribution in [2.75, 3.05) is 11.9 Å². The van der Waals surface area contributed by atoms with Crippen molar-refractivity contribution in [1.82, 2.24) is 4.98 Å². The van der Waals surface area contributed by atoms with Crippen LogP contribution in [-0.2, 0) is 6.42 Å². The van der Waals surface area contributed by atoms with E-state index in [0.717, 1.165) is 31.3 Å². The average Bonchev–Trinajstić information content (AvgIpc) is 2.37. The van der Waals surface area contributed by atoms with Crippen LogP contribution in [0.1, 0.15) is 37.9 Å². The number of pyridine rings is 1. The second kappa shape index (κ2) is 5.85. The molecular formula is C16H22N2. The minimum absolute atomic E-state index is 1.01. The van der Waals surface area contributed by atoms with Crippen LogP contribution in [0, 0.1) is 6.92 Å². The van der Waals surface area contributed by atoms with Gasteiger partial charge in [0.05, 0.1) is 5.52 Å². The van der Waals surface area contributed by atoms with Gasteiger partial charge in [-0.1, -0.05) is 38.5 Å². The van der Waals surface area contributed by atoms with E-state index < -0.39 is 0 Å². The number of rotatable bonds is 5. The van der Waals surface area contributed by atoms with Crippen LogP contribution >= 0.6 is 0 Å². The molecule has 0 amide bonds. The van der Waals surface area contributed by atoms with Gasteiger partial charge in [0.15, 0.2) is 0 Å². The van der Waals surface area contributed by atoms with Crippen LogP contribution in [0.5, 0.6) is 0 Å². The van der Waals surface area contributed by atoms with Crippen LogP contribution in [0.25, 0.3) is 10.9 Å². The standard InChI is InChI=1S/C16H22N2/c1-4-7-13-11-15(17-10-5-2)14-9-6-8-12(3)16(14)18-13/h6,8-9,11H,4-5,7,10H2,1-3H3,(H,17,18). The molecule has 2 heteroatoms. The van der Waals surface area contributed by atoms with Gasteiger partial charge in [-0.15, -0.1) is 0 Å². The molecule has 0 atom stereocenters. The van der Waals surface area contributed by atoms with Gasteiger partial charge in [0, 0.05) is 23.3 Å². The summed E-state index contributed by atoms with van der Waals surface area (Å²) in [5.74, 6) is 0. The molecule has 0 aliphatic rings. The van der Waals surface area contributed by atoms with E-state index in [1.807, 2.05) is 0 Å². The highest BCUT2D eigenvalue weighted by Crippen LogP contribution is 2.26. The van der Waals surface area contributed by atoms with Crippen molar-refractivity contribution in [3.05, 3.63) is 35.5 Å². The summed E-state index contributed by atoms with van der Waals surface area (Å²) in [4.78, 5) is 4.79. The molecule has 0 saturated heterocycles. The van der Waals surface area contributed by atoms with Crippen LogP contribution in [0.2, 0.25) is 0 Å². The van der Waals surface area contributed by atoms with Gasteiger partial charge in [-0.2, -0.15) is 0 Å². The first-order chi connectivity index (χ1) is 8.76. The number of hydrogen-bond acceptors (Lipinski definition) is 2. The number of anilines is 1. The number of nitrogens with one attached hydrogen (secondary N) is 1. The molecule has 2 aromatic rings. The molecule has 18 heavy (non-hydrogen) atoms. The van der Waals surface area contributed by atoms with E-state index >= 15 is 0 Å². The summed E-state index contributed by atoms with van der Waals surface area (Å²) >= 11 is 0. The molecule has 2 rings (SSSR count). The fourth-order valence-electron chi connectivity index (χ4n) is 2.24. The van der Waals surface area contributed by atoms with E-state index in [-0.39, 0.29) is 0 Å². The van der Waals surface area contributed by atoms with E-state index in [4.69, 9.17) is 4.98 Å². The van der Waals surface area contributed by atoms with Crippen molar-refractivity contribution >= 4 is 16.6 Å². The lowest BCUT2D eigenvalue weighted by Crippen LogP contribution is -2.03. The van der Waals surface area contributed by atoms with Gasteiger partial charge in [-0.3, -0.25) is 4.98 Å². The molecule has 0 aliphatic carbocycles. The van der Waals surface area contributed by atoms with Gasteiger partial charge >= 0.3 is 0 Å². The summed E-state index contributed by atoms with van der Waals surface area (Å²) < 4.78 is 0. The van der Waals surface area contributed by atoms with Gasteiger partial charge in [0.2, 0.25) is 0 Å². The average molecular weight is 242 g/mol. The van der Waals surface area contributed by atoms with Crippen LogP contribution in [0.4, 0.5) is 5.69 Å². The Bertz CT molecular complexity index is 532. The zero-order valence-corrected chi connectivity index (χ0v) is 11.6. The number of aryl methyl sites for hydroxylation is 2. The van der Waals surface area contributed by atoms with Crippen LogP contribution in [0.3, 0.4) is 0 Å². The number of aromatic nitrogens is 1. The summed E-state index contributed by atoms with van der Waals surface area (Å²) in [5.41, 5.74) is 4.82. The topological polar surface area (TPSA) is 24.9 Å². The smallest absolute Gasteiger partial charge is 0.0755 e. The maximum absolute atomic E-state index is 4.79. The Morgan fingerprint density at radius 1 is 1.17 bits per heavy atom. The lowest BCUT2D eigenvalue weighted by atomic mass is 10.1. The third-order valence-electron chi connectivity index (χ3n) is 3.17. The Balaban J connectivity index is 2.53. The molecule has 0 bridgehead atoms. The van der Waals surface area contributed by atoms with Crippen LogP contribution in [0.15, 0.2) is 24.3 Å². The molecule has 1 heterocycles. The maximum atomic E-state index is 4.79. The van der Waals surface area contributed by atoms with E-state index in [1.54, 1.807) is 0 Å². The van der Waals surface area contributed by atoms with Crippen LogP contribution in [-0.4, -0.2) is 11.5 Å². The summed E-state index contributed by atoms with van der Waals surface area (Å²) in [6.45, 7) is 7.53. The first-order valence-electron chi connectivity index (χ1n) is 6.89. The molecule has 2 nitrogen and oxygen atoms in total. The fourth-order valence-corrected chi connectivity index (χ4v) is 2.24. The maximum Gasteiger partial charge on any atom is 0.0755 e. The van der Waals surface area contributed by atoms with Crippen LogP contribution < -0.4 is 5.32 Å². The summed E-state index contributed by atoms with van der Waals surface area (Å²) in [7, 11) is 0. The monoisotopic (exact) mass is 242 g/mol. The van der Waals surface area contributed by atoms with Gasteiger partial charge in [0.25, 0.3) is 0 Å². The van der Waals surface area contributed by atoms with Crippen molar-refractivity contribution in [2.24, 2.45) is 0 Å².